The van der Waals surface area contributed by atoms with Gasteiger partial charge in [-0.05, 0) is 11.6 Å². The van der Waals surface area contributed by atoms with Gasteiger partial charge in [0.15, 0.2) is 11.9 Å². The van der Waals surface area contributed by atoms with Gasteiger partial charge in [0.2, 0.25) is 0 Å². The Kier molecular flexibility index (Phi) is 3.42. The van der Waals surface area contributed by atoms with Gasteiger partial charge in [0.05, 0.1) is 11.5 Å². The summed E-state index contributed by atoms with van der Waals surface area (Å²) in [7, 11) is 0. The molecule has 0 aliphatic carbocycles. The molecule has 1 heterocycles. The largest absolute Gasteiger partial charge is 0.471 e. The summed E-state index contributed by atoms with van der Waals surface area (Å²) in [5.74, 6) is -0.437. The van der Waals surface area contributed by atoms with E-state index in [1.165, 1.54) is 12.1 Å². The lowest BCUT2D eigenvalue weighted by molar-refractivity contribution is -0.386. The summed E-state index contributed by atoms with van der Waals surface area (Å²) in [5.41, 5.74) is 5.85. The van der Waals surface area contributed by atoms with E-state index in [1.807, 2.05) is 0 Å². The van der Waals surface area contributed by atoms with Crippen molar-refractivity contribution in [1.82, 2.24) is 0 Å². The highest BCUT2D eigenvalue weighted by atomic mass is 16.6. The van der Waals surface area contributed by atoms with Crippen LogP contribution in [0, 0.1) is 10.1 Å². The molecule has 1 unspecified atom stereocenters. The molecule has 1 aromatic carbocycles. The van der Waals surface area contributed by atoms with Crippen molar-refractivity contribution in [3.63, 3.8) is 0 Å². The molecule has 2 rings (SSSR count). The molecule has 1 aliphatic rings. The quantitative estimate of drug-likeness (QED) is 0.481. The molecule has 1 aliphatic heterocycles. The SMILES string of the molecule is NCc1ccc(OC2CCOC2=O)c([N+](=O)[O-])c1. The van der Waals surface area contributed by atoms with Crippen LogP contribution in [0.15, 0.2) is 18.2 Å². The number of ether oxygens (including phenoxy) is 2. The predicted molar refractivity (Wildman–Crippen MR) is 61.0 cm³/mol. The molecule has 18 heavy (non-hydrogen) atoms. The van der Waals surface area contributed by atoms with Gasteiger partial charge >= 0.3 is 11.7 Å². The molecule has 0 aromatic heterocycles. The van der Waals surface area contributed by atoms with Gasteiger partial charge in [-0.3, -0.25) is 10.1 Å². The van der Waals surface area contributed by atoms with E-state index in [0.717, 1.165) is 0 Å². The third kappa shape index (κ3) is 2.40. The summed E-state index contributed by atoms with van der Waals surface area (Å²) in [6, 6.07) is 4.42. The summed E-state index contributed by atoms with van der Waals surface area (Å²) < 4.78 is 10.1. The van der Waals surface area contributed by atoms with E-state index >= 15 is 0 Å². The van der Waals surface area contributed by atoms with Crippen LogP contribution in [-0.2, 0) is 16.1 Å². The van der Waals surface area contributed by atoms with Gasteiger partial charge in [-0.15, -0.1) is 0 Å². The van der Waals surface area contributed by atoms with E-state index in [-0.39, 0.29) is 24.6 Å². The Hall–Kier alpha value is -2.15. The Morgan fingerprint density at radius 3 is 2.89 bits per heavy atom. The Bertz CT molecular complexity index is 488. The van der Waals surface area contributed by atoms with E-state index < -0.39 is 17.0 Å². The Labute approximate surface area is 103 Å². The van der Waals surface area contributed by atoms with Gasteiger partial charge in [0.1, 0.15) is 0 Å². The zero-order valence-corrected chi connectivity index (χ0v) is 9.50. The summed E-state index contributed by atoms with van der Waals surface area (Å²) in [6.45, 7) is 0.477. The third-order valence-corrected chi connectivity index (χ3v) is 2.61. The maximum Gasteiger partial charge on any atom is 0.347 e. The van der Waals surface area contributed by atoms with E-state index in [4.69, 9.17) is 15.2 Å². The Morgan fingerprint density at radius 2 is 2.33 bits per heavy atom. The second-order valence-electron chi connectivity index (χ2n) is 3.83. The molecule has 0 saturated carbocycles. The number of cyclic esters (lactones) is 1. The number of benzene rings is 1. The number of carbonyl (C=O) groups excluding carboxylic acids is 1. The molecule has 0 amide bonds. The van der Waals surface area contributed by atoms with E-state index in [1.54, 1.807) is 6.07 Å². The van der Waals surface area contributed by atoms with Crippen molar-refractivity contribution in [2.24, 2.45) is 5.73 Å². The van der Waals surface area contributed by atoms with Gasteiger partial charge < -0.3 is 15.2 Å². The minimum atomic E-state index is -0.771. The maximum atomic E-state index is 11.2. The van der Waals surface area contributed by atoms with Crippen molar-refractivity contribution in [3.8, 4) is 5.75 Å². The number of nitro benzene ring substituents is 1. The van der Waals surface area contributed by atoms with Gasteiger partial charge in [-0.1, -0.05) is 6.07 Å². The zero-order chi connectivity index (χ0) is 13.1. The van der Waals surface area contributed by atoms with Crippen LogP contribution >= 0.6 is 0 Å². The zero-order valence-electron chi connectivity index (χ0n) is 9.50. The lowest BCUT2D eigenvalue weighted by atomic mass is 10.2. The number of hydrogen-bond acceptors (Lipinski definition) is 6. The van der Waals surface area contributed by atoms with Crippen molar-refractivity contribution in [3.05, 3.63) is 33.9 Å². The molecular weight excluding hydrogens is 240 g/mol. The smallest absolute Gasteiger partial charge is 0.347 e. The first-order chi connectivity index (χ1) is 8.61. The second-order valence-corrected chi connectivity index (χ2v) is 3.83. The lowest BCUT2D eigenvalue weighted by Gasteiger charge is -2.10. The van der Waals surface area contributed by atoms with Crippen LogP contribution in [0.25, 0.3) is 0 Å². The summed E-state index contributed by atoms with van der Waals surface area (Å²) in [5, 5.41) is 10.9. The highest BCUT2D eigenvalue weighted by Crippen LogP contribution is 2.30. The van der Waals surface area contributed by atoms with Crippen molar-refractivity contribution in [2.45, 2.75) is 19.1 Å². The summed E-state index contributed by atoms with van der Waals surface area (Å²) in [4.78, 5) is 21.6. The van der Waals surface area contributed by atoms with Crippen LogP contribution in [0.5, 0.6) is 5.75 Å². The van der Waals surface area contributed by atoms with E-state index in [0.29, 0.717) is 12.0 Å². The third-order valence-electron chi connectivity index (χ3n) is 2.61. The molecule has 1 aromatic rings. The fourth-order valence-electron chi connectivity index (χ4n) is 1.67. The number of nitrogens with zero attached hydrogens (tertiary/aromatic N) is 1. The Morgan fingerprint density at radius 1 is 1.56 bits per heavy atom. The molecule has 1 atom stereocenters. The number of carbonyl (C=O) groups is 1. The first kappa shape index (κ1) is 12.3. The highest BCUT2D eigenvalue weighted by molar-refractivity contribution is 5.77. The van der Waals surface area contributed by atoms with Crippen molar-refractivity contribution in [2.75, 3.05) is 6.61 Å². The number of nitrogens with two attached hydrogens (primary N) is 1. The molecule has 96 valence electrons. The fourth-order valence-corrected chi connectivity index (χ4v) is 1.67. The average Bonchev–Trinajstić information content (AvgIpc) is 2.75. The molecule has 0 bridgehead atoms. The van der Waals surface area contributed by atoms with Crippen LogP contribution in [0.3, 0.4) is 0 Å². The van der Waals surface area contributed by atoms with Gasteiger partial charge in [-0.25, -0.2) is 4.79 Å². The second kappa shape index (κ2) is 5.01. The lowest BCUT2D eigenvalue weighted by Crippen LogP contribution is -2.22. The molecule has 7 heteroatoms. The molecule has 1 fully saturated rings. The first-order valence-corrected chi connectivity index (χ1v) is 5.42. The van der Waals surface area contributed by atoms with Crippen LogP contribution < -0.4 is 10.5 Å². The minimum Gasteiger partial charge on any atom is -0.471 e. The summed E-state index contributed by atoms with van der Waals surface area (Å²) >= 11 is 0. The fraction of sp³-hybridized carbons (Fsp3) is 0.364. The van der Waals surface area contributed by atoms with Gasteiger partial charge in [0.25, 0.3) is 0 Å². The number of hydrogen-bond donors (Lipinski definition) is 1. The highest BCUT2D eigenvalue weighted by Gasteiger charge is 2.30. The first-order valence-electron chi connectivity index (χ1n) is 5.42. The molecule has 2 N–H and O–H groups in total. The molecule has 1 saturated heterocycles. The van der Waals surface area contributed by atoms with Crippen molar-refractivity contribution >= 4 is 11.7 Å². The normalized spacial score (nSPS) is 18.5. The molecule has 0 radical (unpaired) electrons. The van der Waals surface area contributed by atoms with Gasteiger partial charge in [-0.2, -0.15) is 0 Å². The number of rotatable bonds is 4. The van der Waals surface area contributed by atoms with Crippen LogP contribution in [0.2, 0.25) is 0 Å². The summed E-state index contributed by atoms with van der Waals surface area (Å²) in [6.07, 6.45) is -0.373. The average molecular weight is 252 g/mol. The van der Waals surface area contributed by atoms with Gasteiger partial charge in [0, 0.05) is 19.0 Å². The topological polar surface area (TPSA) is 105 Å². The number of esters is 1. The van der Waals surface area contributed by atoms with Crippen LogP contribution in [0.1, 0.15) is 12.0 Å². The van der Waals surface area contributed by atoms with Crippen LogP contribution in [-0.4, -0.2) is 23.6 Å². The standard InChI is InChI=1S/C11H12N2O5/c12-6-7-1-2-9(8(5-7)13(15)16)18-10-3-4-17-11(10)14/h1-2,5,10H,3-4,6,12H2. The van der Waals surface area contributed by atoms with Crippen LogP contribution in [0.4, 0.5) is 5.69 Å². The van der Waals surface area contributed by atoms with E-state index in [9.17, 15) is 14.9 Å². The molecule has 0 spiro atoms. The van der Waals surface area contributed by atoms with Crippen molar-refractivity contribution < 1.29 is 19.2 Å². The molecular formula is C11H12N2O5. The number of nitro groups is 1. The maximum absolute atomic E-state index is 11.2. The minimum absolute atomic E-state index is 0.0565. The monoisotopic (exact) mass is 252 g/mol. The van der Waals surface area contributed by atoms with Crippen molar-refractivity contribution in [1.29, 1.82) is 0 Å². The Balaban J connectivity index is 2.26. The molecule has 7 nitrogen and oxygen atoms in total. The van der Waals surface area contributed by atoms with E-state index in [2.05, 4.69) is 0 Å². The predicted octanol–water partition coefficient (Wildman–Crippen LogP) is 0.748.